The number of amides is 1. The van der Waals surface area contributed by atoms with E-state index in [4.69, 9.17) is 14.2 Å². The van der Waals surface area contributed by atoms with Crippen LogP contribution in [-0.4, -0.2) is 54.2 Å². The number of carbonyl (C=O) groups excluding carboxylic acids is 1. The molecule has 1 fully saturated rings. The zero-order valence-corrected chi connectivity index (χ0v) is 14.3. The van der Waals surface area contributed by atoms with Gasteiger partial charge in [-0.25, -0.2) is 0 Å². The van der Waals surface area contributed by atoms with Crippen LogP contribution < -0.4 is 14.2 Å². The fourth-order valence-corrected chi connectivity index (χ4v) is 2.79. The zero-order valence-electron chi connectivity index (χ0n) is 14.3. The Morgan fingerprint density at radius 1 is 1.12 bits per heavy atom. The molecule has 1 atom stereocenters. The van der Waals surface area contributed by atoms with Gasteiger partial charge < -0.3 is 19.1 Å². The quantitative estimate of drug-likeness (QED) is 0.828. The molecule has 25 heavy (non-hydrogen) atoms. The molecular weight excluding hydrogens is 322 g/mol. The Morgan fingerprint density at radius 3 is 2.60 bits per heavy atom. The largest absolute Gasteiger partial charge is 0.497 e. The van der Waals surface area contributed by atoms with E-state index in [-0.39, 0.29) is 12.0 Å². The van der Waals surface area contributed by atoms with Crippen molar-refractivity contribution in [1.82, 2.24) is 14.9 Å². The highest BCUT2D eigenvalue weighted by Crippen LogP contribution is 2.20. The first-order valence-corrected chi connectivity index (χ1v) is 8.15. The van der Waals surface area contributed by atoms with Crippen molar-refractivity contribution in [2.45, 2.75) is 18.9 Å². The maximum atomic E-state index is 12.7. The van der Waals surface area contributed by atoms with Gasteiger partial charge >= 0.3 is 0 Å². The first-order valence-electron chi connectivity index (χ1n) is 8.15. The Labute approximate surface area is 146 Å². The van der Waals surface area contributed by atoms with Crippen molar-refractivity contribution in [2.75, 3.05) is 27.3 Å². The second-order valence-electron chi connectivity index (χ2n) is 5.76. The number of hydrogen-bond donors (Lipinski definition) is 0. The Balaban J connectivity index is 1.64. The molecule has 7 heteroatoms. The minimum atomic E-state index is -0.114. The number of piperidine rings is 1. The van der Waals surface area contributed by atoms with Crippen LogP contribution in [0.4, 0.5) is 0 Å². The molecule has 0 spiro atoms. The highest BCUT2D eigenvalue weighted by atomic mass is 16.5. The van der Waals surface area contributed by atoms with Crippen LogP contribution in [0, 0.1) is 0 Å². The van der Waals surface area contributed by atoms with Gasteiger partial charge in [0.15, 0.2) is 0 Å². The Hall–Kier alpha value is -2.83. The van der Waals surface area contributed by atoms with Crippen molar-refractivity contribution in [3.8, 4) is 17.5 Å². The molecule has 7 nitrogen and oxygen atoms in total. The minimum absolute atomic E-state index is 0.00678. The number of aromatic nitrogens is 2. The van der Waals surface area contributed by atoms with Crippen molar-refractivity contribution in [3.05, 3.63) is 42.2 Å². The lowest BCUT2D eigenvalue weighted by Crippen LogP contribution is -2.44. The molecule has 0 aliphatic carbocycles. The van der Waals surface area contributed by atoms with Gasteiger partial charge in [-0.2, -0.15) is 4.98 Å². The minimum Gasteiger partial charge on any atom is -0.497 e. The third kappa shape index (κ3) is 4.17. The molecule has 1 saturated heterocycles. The number of benzene rings is 1. The summed E-state index contributed by atoms with van der Waals surface area (Å²) in [6.07, 6.45) is 4.70. The molecule has 1 aromatic carbocycles. The van der Waals surface area contributed by atoms with Crippen LogP contribution in [0.3, 0.4) is 0 Å². The van der Waals surface area contributed by atoms with Crippen LogP contribution in [0.15, 0.2) is 36.7 Å². The van der Waals surface area contributed by atoms with Gasteiger partial charge in [-0.15, -0.1) is 0 Å². The third-order valence-corrected chi connectivity index (χ3v) is 4.09. The summed E-state index contributed by atoms with van der Waals surface area (Å²) in [5.41, 5.74) is 0.641. The van der Waals surface area contributed by atoms with Crippen LogP contribution in [0.1, 0.15) is 23.2 Å². The zero-order chi connectivity index (χ0) is 17.6. The lowest BCUT2D eigenvalue weighted by atomic mass is 10.1. The van der Waals surface area contributed by atoms with E-state index in [1.807, 2.05) is 4.90 Å². The van der Waals surface area contributed by atoms with Gasteiger partial charge in [-0.05, 0) is 37.1 Å². The number of rotatable bonds is 5. The van der Waals surface area contributed by atoms with Crippen molar-refractivity contribution < 1.29 is 19.0 Å². The molecule has 1 unspecified atom stereocenters. The Bertz CT molecular complexity index is 721. The van der Waals surface area contributed by atoms with Crippen molar-refractivity contribution in [1.29, 1.82) is 0 Å². The van der Waals surface area contributed by atoms with Crippen LogP contribution in [0.2, 0.25) is 0 Å². The van der Waals surface area contributed by atoms with E-state index in [9.17, 15) is 4.79 Å². The summed E-state index contributed by atoms with van der Waals surface area (Å²) in [4.78, 5) is 22.7. The summed E-state index contributed by atoms with van der Waals surface area (Å²) >= 11 is 0. The number of hydrogen-bond acceptors (Lipinski definition) is 6. The van der Waals surface area contributed by atoms with Gasteiger partial charge in [0.1, 0.15) is 11.9 Å². The van der Waals surface area contributed by atoms with Crippen LogP contribution in [0.25, 0.3) is 0 Å². The number of carbonyl (C=O) groups is 1. The highest BCUT2D eigenvalue weighted by molar-refractivity contribution is 5.94. The standard InChI is InChI=1S/C18H21N3O4/c1-23-14-7-5-13(6-8-14)18(22)21-9-3-4-15(12-21)25-17-11-19-10-16(20-17)24-2/h5-8,10-11,15H,3-4,9,12H2,1-2H3. The van der Waals surface area contributed by atoms with Crippen LogP contribution in [0.5, 0.6) is 17.5 Å². The highest BCUT2D eigenvalue weighted by Gasteiger charge is 2.26. The SMILES string of the molecule is COc1ccc(C(=O)N2CCCC(Oc3cncc(OC)n3)C2)cc1. The molecular formula is C18H21N3O4. The average molecular weight is 343 g/mol. The number of likely N-dealkylation sites (tertiary alicyclic amines) is 1. The van der Waals surface area contributed by atoms with E-state index >= 15 is 0 Å². The van der Waals surface area contributed by atoms with Gasteiger partial charge in [-0.1, -0.05) is 0 Å². The molecule has 1 aliphatic rings. The molecule has 0 N–H and O–H groups in total. The van der Waals surface area contributed by atoms with Gasteiger partial charge in [0.25, 0.3) is 5.91 Å². The molecule has 2 aromatic rings. The third-order valence-electron chi connectivity index (χ3n) is 4.09. The lowest BCUT2D eigenvalue weighted by Gasteiger charge is -2.32. The normalized spacial score (nSPS) is 17.0. The van der Waals surface area contributed by atoms with Gasteiger partial charge in [0.05, 0.1) is 33.2 Å². The molecule has 1 amide bonds. The summed E-state index contributed by atoms with van der Waals surface area (Å²) < 4.78 is 16.1. The second-order valence-corrected chi connectivity index (χ2v) is 5.76. The maximum absolute atomic E-state index is 12.7. The molecule has 0 radical (unpaired) electrons. The van der Waals surface area contributed by atoms with E-state index < -0.39 is 0 Å². The molecule has 0 bridgehead atoms. The van der Waals surface area contributed by atoms with Gasteiger partial charge in [-0.3, -0.25) is 9.78 Å². The number of ether oxygens (including phenoxy) is 3. The molecule has 3 rings (SSSR count). The Morgan fingerprint density at radius 2 is 1.88 bits per heavy atom. The van der Waals surface area contributed by atoms with Crippen LogP contribution >= 0.6 is 0 Å². The monoisotopic (exact) mass is 343 g/mol. The van der Waals surface area contributed by atoms with E-state index in [0.717, 1.165) is 18.6 Å². The summed E-state index contributed by atoms with van der Waals surface area (Å²) in [5, 5.41) is 0. The fourth-order valence-electron chi connectivity index (χ4n) is 2.79. The second kappa shape index (κ2) is 7.83. The summed E-state index contributed by atoms with van der Waals surface area (Å²) in [7, 11) is 3.13. The summed E-state index contributed by atoms with van der Waals surface area (Å²) in [5.74, 6) is 1.53. The van der Waals surface area contributed by atoms with Gasteiger partial charge in [0.2, 0.25) is 11.8 Å². The van der Waals surface area contributed by atoms with E-state index in [2.05, 4.69) is 9.97 Å². The Kier molecular flexibility index (Phi) is 5.33. The van der Waals surface area contributed by atoms with E-state index in [0.29, 0.717) is 30.4 Å². The van der Waals surface area contributed by atoms with Crippen molar-refractivity contribution in [3.63, 3.8) is 0 Å². The van der Waals surface area contributed by atoms with E-state index in [1.54, 1.807) is 37.6 Å². The average Bonchev–Trinajstić information content (AvgIpc) is 2.68. The molecule has 1 aromatic heterocycles. The molecule has 132 valence electrons. The van der Waals surface area contributed by atoms with Gasteiger partial charge in [0, 0.05) is 12.1 Å². The molecule has 1 aliphatic heterocycles. The maximum Gasteiger partial charge on any atom is 0.253 e. The van der Waals surface area contributed by atoms with Crippen molar-refractivity contribution >= 4 is 5.91 Å². The summed E-state index contributed by atoms with van der Waals surface area (Å²) in [6.45, 7) is 1.23. The lowest BCUT2D eigenvalue weighted by molar-refractivity contribution is 0.0525. The number of nitrogens with zero attached hydrogens (tertiary/aromatic N) is 3. The first-order chi connectivity index (χ1) is 12.2. The number of methoxy groups -OCH3 is 2. The predicted molar refractivity (Wildman–Crippen MR) is 91.1 cm³/mol. The summed E-state index contributed by atoms with van der Waals surface area (Å²) in [6, 6.07) is 7.13. The van der Waals surface area contributed by atoms with Crippen molar-refractivity contribution in [2.24, 2.45) is 0 Å². The first kappa shape index (κ1) is 17.0. The van der Waals surface area contributed by atoms with Crippen LogP contribution in [-0.2, 0) is 0 Å². The fraction of sp³-hybridized carbons (Fsp3) is 0.389. The molecule has 2 heterocycles. The smallest absolute Gasteiger partial charge is 0.253 e. The predicted octanol–water partition coefficient (Wildman–Crippen LogP) is 2.18. The molecule has 0 saturated carbocycles. The van der Waals surface area contributed by atoms with E-state index in [1.165, 1.54) is 13.3 Å². The topological polar surface area (TPSA) is 73.8 Å².